The zero-order valence-electron chi connectivity index (χ0n) is 12.6. The number of ether oxygens (including phenoxy) is 1. The molecule has 118 valence electrons. The van der Waals surface area contributed by atoms with Crippen molar-refractivity contribution in [1.82, 2.24) is 14.9 Å². The number of carbonyl (C=O) groups is 1. The van der Waals surface area contributed by atoms with Crippen LogP contribution in [-0.2, 0) is 17.7 Å². The smallest absolute Gasteiger partial charge is 0.410 e. The lowest BCUT2D eigenvalue weighted by Gasteiger charge is -2.29. The lowest BCUT2D eigenvalue weighted by Crippen LogP contribution is -2.37. The van der Waals surface area contributed by atoms with Gasteiger partial charge in [0.1, 0.15) is 17.5 Å². The fourth-order valence-electron chi connectivity index (χ4n) is 2.67. The summed E-state index contributed by atoms with van der Waals surface area (Å²) in [6.07, 6.45) is 1.92. The minimum Gasteiger partial charge on any atom is -0.450 e. The third-order valence-electron chi connectivity index (χ3n) is 3.70. The molecular formula is C15H15N5O2S. The van der Waals surface area contributed by atoms with E-state index in [1.165, 1.54) is 11.3 Å². The topological polar surface area (TPSA) is 105 Å². The standard InChI is InChI=1S/C15H15N5O2S/c1-2-22-15(21)20-4-3-11-10(7-20)13(12-6-18-8-23-12)9(5-16)14(17)19-11/h6,8H,2-4,7H2,1H3,(H2,17,19). The number of anilines is 1. The molecule has 3 rings (SSSR count). The van der Waals surface area contributed by atoms with Crippen LogP contribution in [0.25, 0.3) is 10.4 Å². The number of nitrogens with zero attached hydrogens (tertiary/aromatic N) is 4. The number of thiazole rings is 1. The molecule has 1 amide bonds. The van der Waals surface area contributed by atoms with Crippen LogP contribution in [0.3, 0.4) is 0 Å². The van der Waals surface area contributed by atoms with E-state index in [2.05, 4.69) is 16.0 Å². The SMILES string of the molecule is CCOC(=O)N1CCc2nc(N)c(C#N)c(-c3cncs3)c2C1. The van der Waals surface area contributed by atoms with Crippen LogP contribution in [-0.4, -0.2) is 34.1 Å². The molecule has 23 heavy (non-hydrogen) atoms. The van der Waals surface area contributed by atoms with Crippen molar-refractivity contribution < 1.29 is 9.53 Å². The summed E-state index contributed by atoms with van der Waals surface area (Å²) >= 11 is 1.43. The van der Waals surface area contributed by atoms with Gasteiger partial charge in [-0.25, -0.2) is 9.78 Å². The number of fused-ring (bicyclic) bond motifs is 1. The van der Waals surface area contributed by atoms with Gasteiger partial charge in [0.05, 0.1) is 29.2 Å². The van der Waals surface area contributed by atoms with Gasteiger partial charge in [-0.2, -0.15) is 5.26 Å². The number of pyridine rings is 1. The average molecular weight is 329 g/mol. The molecule has 2 N–H and O–H groups in total. The highest BCUT2D eigenvalue weighted by molar-refractivity contribution is 7.13. The van der Waals surface area contributed by atoms with E-state index in [0.29, 0.717) is 31.7 Å². The summed E-state index contributed by atoms with van der Waals surface area (Å²) < 4.78 is 5.07. The normalized spacial score (nSPS) is 13.3. The molecule has 3 heterocycles. The molecule has 2 aromatic rings. The van der Waals surface area contributed by atoms with Gasteiger partial charge in [-0.05, 0) is 6.92 Å². The Morgan fingerprint density at radius 1 is 1.61 bits per heavy atom. The number of rotatable bonds is 2. The second kappa shape index (κ2) is 6.22. The van der Waals surface area contributed by atoms with E-state index in [-0.39, 0.29) is 11.9 Å². The molecule has 0 spiro atoms. The van der Waals surface area contributed by atoms with Crippen molar-refractivity contribution >= 4 is 23.2 Å². The van der Waals surface area contributed by atoms with Gasteiger partial charge in [0, 0.05) is 30.3 Å². The van der Waals surface area contributed by atoms with E-state index in [1.54, 1.807) is 23.5 Å². The number of aromatic nitrogens is 2. The Morgan fingerprint density at radius 3 is 3.09 bits per heavy atom. The summed E-state index contributed by atoms with van der Waals surface area (Å²) in [5.74, 6) is 0.222. The van der Waals surface area contributed by atoms with Crippen LogP contribution in [0.4, 0.5) is 10.6 Å². The van der Waals surface area contributed by atoms with Crippen molar-refractivity contribution in [1.29, 1.82) is 5.26 Å². The Balaban J connectivity index is 2.11. The predicted molar refractivity (Wildman–Crippen MR) is 85.6 cm³/mol. The molecule has 0 bridgehead atoms. The third-order valence-corrected chi connectivity index (χ3v) is 4.49. The van der Waals surface area contributed by atoms with Gasteiger partial charge in [-0.3, -0.25) is 4.98 Å². The quantitative estimate of drug-likeness (QED) is 0.905. The number of hydrogen-bond donors (Lipinski definition) is 1. The maximum atomic E-state index is 12.0. The summed E-state index contributed by atoms with van der Waals surface area (Å²) in [6, 6.07) is 2.13. The Hall–Kier alpha value is -2.66. The Bertz CT molecular complexity index is 782. The van der Waals surface area contributed by atoms with Gasteiger partial charge >= 0.3 is 6.09 Å². The second-order valence-corrected chi connectivity index (χ2v) is 5.91. The van der Waals surface area contributed by atoms with Crippen molar-refractivity contribution in [2.45, 2.75) is 19.9 Å². The van der Waals surface area contributed by atoms with Crippen molar-refractivity contribution in [2.24, 2.45) is 0 Å². The molecule has 0 saturated carbocycles. The lowest BCUT2D eigenvalue weighted by atomic mass is 9.95. The number of hydrogen-bond acceptors (Lipinski definition) is 7. The summed E-state index contributed by atoms with van der Waals surface area (Å²) in [4.78, 5) is 22.9. The molecule has 8 heteroatoms. The fourth-order valence-corrected chi connectivity index (χ4v) is 3.37. The molecule has 0 radical (unpaired) electrons. The number of amides is 1. The van der Waals surface area contributed by atoms with Crippen molar-refractivity contribution in [3.8, 4) is 16.5 Å². The van der Waals surface area contributed by atoms with Gasteiger partial charge in [-0.15, -0.1) is 11.3 Å². The van der Waals surface area contributed by atoms with Crippen LogP contribution in [0.15, 0.2) is 11.7 Å². The van der Waals surface area contributed by atoms with Gasteiger partial charge in [0.25, 0.3) is 0 Å². The number of carbonyl (C=O) groups excluding carboxylic acids is 1. The zero-order valence-corrected chi connectivity index (χ0v) is 13.4. The summed E-state index contributed by atoms with van der Waals surface area (Å²) in [5, 5.41) is 9.47. The third kappa shape index (κ3) is 2.71. The van der Waals surface area contributed by atoms with E-state index in [0.717, 1.165) is 21.7 Å². The lowest BCUT2D eigenvalue weighted by molar-refractivity contribution is 0.102. The van der Waals surface area contributed by atoms with Crippen LogP contribution >= 0.6 is 11.3 Å². The highest BCUT2D eigenvalue weighted by Crippen LogP contribution is 2.36. The molecule has 0 aliphatic carbocycles. The molecule has 2 aromatic heterocycles. The number of nitrogen functional groups attached to an aromatic ring is 1. The number of nitrogens with two attached hydrogens (primary N) is 1. The average Bonchev–Trinajstić information content (AvgIpc) is 3.07. The molecule has 0 unspecified atom stereocenters. The Morgan fingerprint density at radius 2 is 2.43 bits per heavy atom. The largest absolute Gasteiger partial charge is 0.450 e. The first-order valence-electron chi connectivity index (χ1n) is 7.17. The van der Waals surface area contributed by atoms with E-state index in [1.807, 2.05) is 0 Å². The van der Waals surface area contributed by atoms with Gasteiger partial charge in [-0.1, -0.05) is 0 Å². The van der Waals surface area contributed by atoms with Crippen molar-refractivity contribution in [2.75, 3.05) is 18.9 Å². The van der Waals surface area contributed by atoms with Crippen LogP contribution in [0.2, 0.25) is 0 Å². The first kappa shape index (κ1) is 15.2. The van der Waals surface area contributed by atoms with Gasteiger partial charge in [0.15, 0.2) is 0 Å². The molecule has 7 nitrogen and oxygen atoms in total. The molecule has 0 atom stereocenters. The number of nitriles is 1. The summed E-state index contributed by atoms with van der Waals surface area (Å²) in [5.41, 5.74) is 10.4. The van der Waals surface area contributed by atoms with Gasteiger partial charge in [0.2, 0.25) is 0 Å². The van der Waals surface area contributed by atoms with Crippen LogP contribution in [0, 0.1) is 11.3 Å². The van der Waals surface area contributed by atoms with Crippen molar-refractivity contribution in [3.63, 3.8) is 0 Å². The first-order chi connectivity index (χ1) is 11.2. The molecule has 1 aliphatic rings. The van der Waals surface area contributed by atoms with Crippen molar-refractivity contribution in [3.05, 3.63) is 28.5 Å². The fraction of sp³-hybridized carbons (Fsp3) is 0.333. The van der Waals surface area contributed by atoms with E-state index >= 15 is 0 Å². The van der Waals surface area contributed by atoms with Crippen LogP contribution in [0.5, 0.6) is 0 Å². The zero-order chi connectivity index (χ0) is 16.4. The van der Waals surface area contributed by atoms with Crippen LogP contribution < -0.4 is 5.73 Å². The second-order valence-electron chi connectivity index (χ2n) is 5.02. The maximum absolute atomic E-state index is 12.0. The van der Waals surface area contributed by atoms with E-state index in [9.17, 15) is 10.1 Å². The van der Waals surface area contributed by atoms with Crippen LogP contribution in [0.1, 0.15) is 23.7 Å². The highest BCUT2D eigenvalue weighted by Gasteiger charge is 2.28. The summed E-state index contributed by atoms with van der Waals surface area (Å²) in [6.45, 7) is 2.97. The van der Waals surface area contributed by atoms with E-state index < -0.39 is 0 Å². The maximum Gasteiger partial charge on any atom is 0.410 e. The van der Waals surface area contributed by atoms with E-state index in [4.69, 9.17) is 10.5 Å². The Labute approximate surface area is 137 Å². The first-order valence-corrected chi connectivity index (χ1v) is 8.05. The summed E-state index contributed by atoms with van der Waals surface area (Å²) in [7, 11) is 0. The molecule has 0 saturated heterocycles. The molecule has 0 fully saturated rings. The molecular weight excluding hydrogens is 314 g/mol. The molecule has 1 aliphatic heterocycles. The minimum atomic E-state index is -0.358. The highest BCUT2D eigenvalue weighted by atomic mass is 32.1. The predicted octanol–water partition coefficient (Wildman–Crippen LogP) is 2.17. The minimum absolute atomic E-state index is 0.222. The molecule has 0 aromatic carbocycles. The monoisotopic (exact) mass is 329 g/mol. The Kier molecular flexibility index (Phi) is 4.12. The van der Waals surface area contributed by atoms with Gasteiger partial charge < -0.3 is 15.4 Å².